The van der Waals surface area contributed by atoms with Gasteiger partial charge in [-0.25, -0.2) is 12.1 Å². The van der Waals surface area contributed by atoms with Crippen LogP contribution in [-0.4, -0.2) is 7.95 Å². The summed E-state index contributed by atoms with van der Waals surface area (Å²) in [5, 5.41) is 0. The van der Waals surface area contributed by atoms with Crippen LogP contribution in [0.5, 0.6) is 0 Å². The van der Waals surface area contributed by atoms with E-state index < -0.39 is 7.95 Å². The van der Waals surface area contributed by atoms with Crippen molar-refractivity contribution >= 4 is 20.0 Å². The summed E-state index contributed by atoms with van der Waals surface area (Å²) in [7, 11) is -0.505. The van der Waals surface area contributed by atoms with Gasteiger partial charge in [-0.3, -0.25) is 0 Å². The average Bonchev–Trinajstić information content (AvgIpc) is 1.83. The van der Waals surface area contributed by atoms with Crippen molar-refractivity contribution in [2.75, 3.05) is 0 Å². The van der Waals surface area contributed by atoms with E-state index >= 15 is 0 Å². The highest BCUT2D eigenvalue weighted by Crippen LogP contribution is 2.07. The topological polar surface area (TPSA) is 0 Å². The fraction of sp³-hybridized carbons (Fsp3) is 1.00. The van der Waals surface area contributed by atoms with Crippen molar-refractivity contribution in [3.63, 3.8) is 0 Å². The van der Waals surface area contributed by atoms with Crippen LogP contribution in [0.15, 0.2) is 0 Å². The van der Waals surface area contributed by atoms with Crippen LogP contribution in [0.4, 0.5) is 0 Å². The van der Waals surface area contributed by atoms with Crippen LogP contribution in [0.2, 0.25) is 12.1 Å². The zero-order valence-corrected chi connectivity index (χ0v) is 7.90. The molecule has 0 aliphatic carbocycles. The molecule has 0 N–H and O–H groups in total. The summed E-state index contributed by atoms with van der Waals surface area (Å²) in [5.41, 5.74) is 0. The Balaban J connectivity index is 2.86. The quantitative estimate of drug-likeness (QED) is 0.459. The summed E-state index contributed by atoms with van der Waals surface area (Å²) in [4.78, 5) is 0. The Hall–Kier alpha value is 0.567. The summed E-state index contributed by atoms with van der Waals surface area (Å²) in [6.45, 7) is 4.49. The van der Waals surface area contributed by atoms with Gasteiger partial charge < -0.3 is 0 Å². The van der Waals surface area contributed by atoms with E-state index in [1.54, 1.807) is 0 Å². The molecule has 0 bridgehead atoms. The van der Waals surface area contributed by atoms with Crippen molar-refractivity contribution in [1.29, 1.82) is 0 Å². The zero-order chi connectivity index (χ0) is 6.41. The van der Waals surface area contributed by atoms with Crippen LogP contribution < -0.4 is 0 Å². The summed E-state index contributed by atoms with van der Waals surface area (Å²) in [5.74, 6) is 0. The van der Waals surface area contributed by atoms with Gasteiger partial charge in [-0.1, -0.05) is 38.8 Å². The van der Waals surface area contributed by atoms with E-state index in [-0.39, 0.29) is 0 Å². The highest BCUT2D eigenvalue weighted by Gasteiger charge is 1.98. The van der Waals surface area contributed by atoms with Gasteiger partial charge in [0.15, 0.2) is 0 Å². The number of unbranched alkanes of at least 4 members (excludes halogenated alkanes) is 1. The van der Waals surface area contributed by atoms with Gasteiger partial charge in [0, 0.05) is 0 Å². The highest BCUT2D eigenvalue weighted by molar-refractivity contribution is 8.10. The summed E-state index contributed by atoms with van der Waals surface area (Å²) >= 11 is 4.50. The van der Waals surface area contributed by atoms with Crippen LogP contribution in [-0.2, 0) is 0 Å². The average molecular weight is 148 g/mol. The minimum atomic E-state index is -0.505. The van der Waals surface area contributed by atoms with Crippen LogP contribution in [0.25, 0.3) is 0 Å². The fourth-order valence-corrected chi connectivity index (χ4v) is 2.48. The second-order valence-corrected chi connectivity index (χ2v) is 7.10. The van der Waals surface area contributed by atoms with Crippen LogP contribution in [0, 0.1) is 0 Å². The molecule has 0 amide bonds. The summed E-state index contributed by atoms with van der Waals surface area (Å²) in [6.07, 6.45) is 2.73. The lowest BCUT2D eigenvalue weighted by atomic mass is 10.4. The Morgan fingerprint density at radius 1 is 1.38 bits per heavy atom. The molecule has 0 radical (unpaired) electrons. The van der Waals surface area contributed by atoms with Gasteiger partial charge in [0.25, 0.3) is 0 Å². The smallest absolute Gasteiger partial charge is 0.0969 e. The molecule has 2 heteroatoms. The molecule has 0 fully saturated rings. The van der Waals surface area contributed by atoms with Crippen molar-refractivity contribution in [2.24, 2.45) is 0 Å². The second-order valence-electron chi connectivity index (χ2n) is 2.20. The van der Waals surface area contributed by atoms with Gasteiger partial charge in [-0.15, -0.1) is 0 Å². The molecule has 0 saturated heterocycles. The van der Waals surface area contributed by atoms with Crippen LogP contribution in [0.1, 0.15) is 26.7 Å². The Kier molecular flexibility index (Phi) is 6.10. The van der Waals surface area contributed by atoms with Crippen molar-refractivity contribution in [3.05, 3.63) is 0 Å². The maximum absolute atomic E-state index is 4.50. The molecule has 8 heavy (non-hydrogen) atoms. The molecule has 0 aromatic heterocycles. The first-order valence-corrected chi connectivity index (χ1v) is 7.19. The van der Waals surface area contributed by atoms with Crippen molar-refractivity contribution in [1.82, 2.24) is 0 Å². The van der Waals surface area contributed by atoms with Crippen molar-refractivity contribution in [3.8, 4) is 0 Å². The summed E-state index contributed by atoms with van der Waals surface area (Å²) < 4.78 is 0. The number of hydrogen-bond acceptors (Lipinski definition) is 1. The Morgan fingerprint density at radius 2 is 2.00 bits per heavy atom. The van der Waals surface area contributed by atoms with Crippen molar-refractivity contribution < 1.29 is 0 Å². The Morgan fingerprint density at radius 3 is 2.38 bits per heavy atom. The minimum Gasteiger partial charge on any atom is -0.206 e. The van der Waals surface area contributed by atoms with Crippen LogP contribution in [0.3, 0.4) is 0 Å². The van der Waals surface area contributed by atoms with Gasteiger partial charge in [0.05, 0.1) is 7.95 Å². The third kappa shape index (κ3) is 4.72. The van der Waals surface area contributed by atoms with E-state index in [0.29, 0.717) is 0 Å². The first kappa shape index (κ1) is 8.57. The molecule has 0 nitrogen and oxygen atoms in total. The molecule has 0 aliphatic rings. The molecular formula is C6H16SSi. The molecule has 1 unspecified atom stereocenters. The second kappa shape index (κ2) is 5.70. The third-order valence-corrected chi connectivity index (χ3v) is 5.25. The van der Waals surface area contributed by atoms with E-state index in [4.69, 9.17) is 0 Å². The molecule has 0 spiro atoms. The first-order valence-electron chi connectivity index (χ1n) is 3.49. The van der Waals surface area contributed by atoms with Gasteiger partial charge in [-0.05, 0) is 0 Å². The first-order chi connectivity index (χ1) is 3.81. The van der Waals surface area contributed by atoms with Crippen molar-refractivity contribution in [2.45, 2.75) is 38.8 Å². The predicted molar refractivity (Wildman–Crippen MR) is 46.3 cm³/mol. The molecule has 0 heterocycles. The molecule has 0 aromatic rings. The van der Waals surface area contributed by atoms with Gasteiger partial charge >= 0.3 is 0 Å². The highest BCUT2D eigenvalue weighted by atomic mass is 32.3. The lowest BCUT2D eigenvalue weighted by Crippen LogP contribution is -1.98. The van der Waals surface area contributed by atoms with E-state index in [0.717, 1.165) is 0 Å². The third-order valence-electron chi connectivity index (χ3n) is 1.36. The Bertz CT molecular complexity index is 47.8. The van der Waals surface area contributed by atoms with Gasteiger partial charge in [-0.2, -0.15) is 0 Å². The lowest BCUT2D eigenvalue weighted by Gasteiger charge is -2.01. The molecular weight excluding hydrogens is 132 g/mol. The molecule has 0 aliphatic heterocycles. The fourth-order valence-electron chi connectivity index (χ4n) is 0.644. The van der Waals surface area contributed by atoms with E-state index in [1.165, 1.54) is 24.9 Å². The summed E-state index contributed by atoms with van der Waals surface area (Å²) in [6, 6.07) is 2.78. The zero-order valence-electron chi connectivity index (χ0n) is 5.85. The SMILES string of the molecule is CCCC[SiH](S)CC. The number of hydrogen-bond donors (Lipinski definition) is 1. The molecule has 1 atom stereocenters. The predicted octanol–water partition coefficient (Wildman–Crippen LogP) is 2.46. The van der Waals surface area contributed by atoms with Crippen LogP contribution >= 0.6 is 12.1 Å². The minimum absolute atomic E-state index is 0.505. The van der Waals surface area contributed by atoms with E-state index in [1.807, 2.05) is 0 Å². The molecule has 50 valence electrons. The molecule has 0 saturated carbocycles. The van der Waals surface area contributed by atoms with E-state index in [2.05, 4.69) is 25.9 Å². The van der Waals surface area contributed by atoms with Gasteiger partial charge in [0.2, 0.25) is 0 Å². The molecule has 0 aromatic carbocycles. The standard InChI is InChI=1S/C6H16SSi/c1-3-5-6-8(7)4-2/h7-8H,3-6H2,1-2H3. The number of thiol groups is 1. The monoisotopic (exact) mass is 148 g/mol. The normalized spacial score (nSPS) is 13.9. The Labute approximate surface area is 59.3 Å². The van der Waals surface area contributed by atoms with E-state index in [9.17, 15) is 0 Å². The maximum Gasteiger partial charge on any atom is 0.0969 e. The largest absolute Gasteiger partial charge is 0.206 e. The van der Waals surface area contributed by atoms with Gasteiger partial charge in [0.1, 0.15) is 0 Å². The molecule has 0 rings (SSSR count). The maximum atomic E-state index is 4.50. The lowest BCUT2D eigenvalue weighted by molar-refractivity contribution is 0.876. The number of rotatable bonds is 4.